The third kappa shape index (κ3) is 4.89. The highest BCUT2D eigenvalue weighted by atomic mass is 16.5. The topological polar surface area (TPSA) is 52.6 Å². The van der Waals surface area contributed by atoms with E-state index in [0.717, 1.165) is 12.8 Å². The molecule has 0 spiro atoms. The Hall–Kier alpha value is -1.58. The maximum absolute atomic E-state index is 12.0. The van der Waals surface area contributed by atoms with Gasteiger partial charge in [0.1, 0.15) is 0 Å². The fourth-order valence-corrected chi connectivity index (χ4v) is 1.80. The second-order valence-corrected chi connectivity index (χ2v) is 5.09. The summed E-state index contributed by atoms with van der Waals surface area (Å²) in [5.74, 6) is -0.874. The van der Waals surface area contributed by atoms with Crippen molar-refractivity contribution < 1.29 is 19.1 Å². The van der Waals surface area contributed by atoms with E-state index in [4.69, 9.17) is 9.47 Å². The molecular weight excluding hydrogens is 244 g/mol. The van der Waals surface area contributed by atoms with Crippen molar-refractivity contribution in [1.29, 1.82) is 0 Å². The van der Waals surface area contributed by atoms with E-state index in [1.807, 2.05) is 6.08 Å². The molecule has 106 valence electrons. The van der Waals surface area contributed by atoms with Crippen LogP contribution in [0.4, 0.5) is 0 Å². The Morgan fingerprint density at radius 3 is 2.21 bits per heavy atom. The molecule has 0 saturated carbocycles. The smallest absolute Gasteiger partial charge is 0.338 e. The highest BCUT2D eigenvalue weighted by Crippen LogP contribution is 2.22. The summed E-state index contributed by atoms with van der Waals surface area (Å²) in [6, 6.07) is 0. The van der Waals surface area contributed by atoms with Crippen molar-refractivity contribution in [3.05, 3.63) is 23.3 Å². The zero-order valence-corrected chi connectivity index (χ0v) is 12.1. The molecule has 1 aliphatic carbocycles. The molecule has 0 bridgehead atoms. The van der Waals surface area contributed by atoms with Crippen LogP contribution in [0.5, 0.6) is 0 Å². The standard InChI is InChI=1S/C15H22O4/c1-10(2)18-14(16)12-8-6-5-7-9-13(12)15(17)19-11(3)4/h6,8,10-11H,5,7,9H2,1-4H3. The van der Waals surface area contributed by atoms with Gasteiger partial charge in [0, 0.05) is 0 Å². The van der Waals surface area contributed by atoms with Crippen LogP contribution >= 0.6 is 0 Å². The summed E-state index contributed by atoms with van der Waals surface area (Å²) in [5, 5.41) is 0. The first-order chi connectivity index (χ1) is 8.91. The van der Waals surface area contributed by atoms with Crippen molar-refractivity contribution in [2.75, 3.05) is 0 Å². The largest absolute Gasteiger partial charge is 0.460 e. The molecular formula is C15H22O4. The Balaban J connectivity index is 3.01. The number of carbonyl (C=O) groups is 2. The highest BCUT2D eigenvalue weighted by Gasteiger charge is 2.23. The number of carbonyl (C=O) groups excluding carboxylic acids is 2. The minimum absolute atomic E-state index is 0.199. The van der Waals surface area contributed by atoms with Gasteiger partial charge in [0.25, 0.3) is 0 Å². The van der Waals surface area contributed by atoms with Crippen molar-refractivity contribution in [3.8, 4) is 0 Å². The molecule has 1 aliphatic rings. The van der Waals surface area contributed by atoms with Crippen LogP contribution in [0.25, 0.3) is 0 Å². The van der Waals surface area contributed by atoms with E-state index >= 15 is 0 Å². The molecule has 0 atom stereocenters. The first kappa shape index (κ1) is 15.5. The van der Waals surface area contributed by atoms with E-state index in [0.29, 0.717) is 17.6 Å². The Labute approximate surface area is 114 Å². The molecule has 0 aromatic carbocycles. The summed E-state index contributed by atoms with van der Waals surface area (Å²) in [7, 11) is 0. The Morgan fingerprint density at radius 1 is 1.05 bits per heavy atom. The van der Waals surface area contributed by atoms with Gasteiger partial charge in [-0.1, -0.05) is 12.2 Å². The molecule has 0 aliphatic heterocycles. The number of rotatable bonds is 4. The summed E-state index contributed by atoms with van der Waals surface area (Å²) < 4.78 is 10.4. The van der Waals surface area contributed by atoms with Crippen molar-refractivity contribution in [3.63, 3.8) is 0 Å². The van der Waals surface area contributed by atoms with E-state index < -0.39 is 11.9 Å². The van der Waals surface area contributed by atoms with Crippen LogP contribution in [0.1, 0.15) is 47.0 Å². The zero-order chi connectivity index (χ0) is 14.4. The first-order valence-electron chi connectivity index (χ1n) is 6.73. The molecule has 0 saturated heterocycles. The normalized spacial score (nSPS) is 15.7. The van der Waals surface area contributed by atoms with Crippen LogP contribution in [-0.4, -0.2) is 24.1 Å². The molecule has 4 nitrogen and oxygen atoms in total. The lowest BCUT2D eigenvalue weighted by Gasteiger charge is -2.14. The van der Waals surface area contributed by atoms with Gasteiger partial charge in [0.15, 0.2) is 0 Å². The molecule has 0 unspecified atom stereocenters. The Morgan fingerprint density at radius 2 is 1.63 bits per heavy atom. The molecule has 4 heteroatoms. The van der Waals surface area contributed by atoms with Gasteiger partial charge >= 0.3 is 11.9 Å². The number of allylic oxidation sites excluding steroid dienone is 1. The van der Waals surface area contributed by atoms with Gasteiger partial charge < -0.3 is 9.47 Å². The van der Waals surface area contributed by atoms with Crippen molar-refractivity contribution in [2.45, 2.75) is 59.2 Å². The lowest BCUT2D eigenvalue weighted by molar-refractivity contribution is -0.146. The van der Waals surface area contributed by atoms with Crippen molar-refractivity contribution in [1.82, 2.24) is 0 Å². The number of esters is 2. The summed E-state index contributed by atoms with van der Waals surface area (Å²) in [4.78, 5) is 24.1. The SMILES string of the molecule is CC(C)OC(=O)C1=C(C(=O)OC(C)C)CCCC=C1. The molecule has 0 aromatic heterocycles. The van der Waals surface area contributed by atoms with Crippen LogP contribution < -0.4 is 0 Å². The van der Waals surface area contributed by atoms with Crippen molar-refractivity contribution >= 4 is 11.9 Å². The van der Waals surface area contributed by atoms with Gasteiger partial charge in [0.05, 0.1) is 23.4 Å². The van der Waals surface area contributed by atoms with Gasteiger partial charge in [-0.2, -0.15) is 0 Å². The van der Waals surface area contributed by atoms with Crippen LogP contribution in [0.2, 0.25) is 0 Å². The van der Waals surface area contributed by atoms with Gasteiger partial charge in [-0.25, -0.2) is 9.59 Å². The van der Waals surface area contributed by atoms with E-state index in [1.165, 1.54) is 0 Å². The fourth-order valence-electron chi connectivity index (χ4n) is 1.80. The summed E-state index contributed by atoms with van der Waals surface area (Å²) in [5.41, 5.74) is 0.755. The Bertz CT molecular complexity index is 402. The van der Waals surface area contributed by atoms with E-state index in [2.05, 4.69) is 0 Å². The van der Waals surface area contributed by atoms with Crippen LogP contribution in [0, 0.1) is 0 Å². The third-order valence-corrected chi connectivity index (χ3v) is 2.56. The molecule has 0 fully saturated rings. The minimum atomic E-state index is -0.455. The van der Waals surface area contributed by atoms with Crippen LogP contribution in [0.15, 0.2) is 23.3 Å². The third-order valence-electron chi connectivity index (χ3n) is 2.56. The van der Waals surface area contributed by atoms with E-state index in [-0.39, 0.29) is 12.2 Å². The van der Waals surface area contributed by atoms with E-state index in [9.17, 15) is 9.59 Å². The van der Waals surface area contributed by atoms with Crippen LogP contribution in [-0.2, 0) is 19.1 Å². The maximum Gasteiger partial charge on any atom is 0.338 e. The van der Waals surface area contributed by atoms with E-state index in [1.54, 1.807) is 33.8 Å². The quantitative estimate of drug-likeness (QED) is 0.734. The Kier molecular flexibility index (Phi) is 5.80. The lowest BCUT2D eigenvalue weighted by atomic mass is 10.0. The fraction of sp³-hybridized carbons (Fsp3) is 0.600. The molecule has 0 aromatic rings. The summed E-state index contributed by atoms with van der Waals surface area (Å²) >= 11 is 0. The zero-order valence-electron chi connectivity index (χ0n) is 12.1. The average molecular weight is 266 g/mol. The van der Waals surface area contributed by atoms with Gasteiger partial charge in [0.2, 0.25) is 0 Å². The molecule has 0 amide bonds. The molecule has 19 heavy (non-hydrogen) atoms. The molecule has 1 rings (SSSR count). The molecule has 0 radical (unpaired) electrons. The highest BCUT2D eigenvalue weighted by molar-refractivity contribution is 6.02. The predicted octanol–water partition coefficient (Wildman–Crippen LogP) is 2.93. The number of hydrogen-bond donors (Lipinski definition) is 0. The lowest BCUT2D eigenvalue weighted by Crippen LogP contribution is -2.20. The van der Waals surface area contributed by atoms with Crippen LogP contribution in [0.3, 0.4) is 0 Å². The number of ether oxygens (including phenoxy) is 2. The average Bonchev–Trinajstić information content (AvgIpc) is 2.51. The molecule has 0 heterocycles. The predicted molar refractivity (Wildman–Crippen MR) is 72.5 cm³/mol. The first-order valence-corrected chi connectivity index (χ1v) is 6.73. The summed E-state index contributed by atoms with van der Waals surface area (Å²) in [6.45, 7) is 7.14. The number of hydrogen-bond acceptors (Lipinski definition) is 4. The monoisotopic (exact) mass is 266 g/mol. The molecule has 0 N–H and O–H groups in total. The van der Waals surface area contributed by atoms with Gasteiger partial charge in [-0.15, -0.1) is 0 Å². The van der Waals surface area contributed by atoms with Crippen molar-refractivity contribution in [2.24, 2.45) is 0 Å². The van der Waals surface area contributed by atoms with Gasteiger partial charge in [-0.05, 0) is 47.0 Å². The second kappa shape index (κ2) is 7.12. The summed E-state index contributed by atoms with van der Waals surface area (Å²) in [6.07, 6.45) is 5.38. The maximum atomic E-state index is 12.0. The second-order valence-electron chi connectivity index (χ2n) is 5.09. The minimum Gasteiger partial charge on any atom is -0.460 e. The van der Waals surface area contributed by atoms with Gasteiger partial charge in [-0.3, -0.25) is 0 Å².